The van der Waals surface area contributed by atoms with Gasteiger partial charge in [0.1, 0.15) is 5.82 Å². The highest BCUT2D eigenvalue weighted by molar-refractivity contribution is 7.99. The van der Waals surface area contributed by atoms with Gasteiger partial charge in [-0.2, -0.15) is 0 Å². The summed E-state index contributed by atoms with van der Waals surface area (Å²) in [6, 6.07) is 2.89. The van der Waals surface area contributed by atoms with Crippen LogP contribution in [0.25, 0.3) is 0 Å². The standard InChI is InChI=1S/C13H13F3N4O3S/c14-9-3-2-7(6-8(9)11(15)16)17-12(18-22)10-13(20-23-19-10)24-5-1-4-21/h2-3,6,11,21-22H,1,4-5H2,(H,17,18). The summed E-state index contributed by atoms with van der Waals surface area (Å²) in [5.74, 6) is -0.733. The van der Waals surface area contributed by atoms with Crippen molar-refractivity contribution in [1.82, 2.24) is 15.8 Å². The van der Waals surface area contributed by atoms with E-state index in [4.69, 9.17) is 5.11 Å². The minimum Gasteiger partial charge on any atom is -0.396 e. The van der Waals surface area contributed by atoms with E-state index in [0.29, 0.717) is 17.2 Å². The summed E-state index contributed by atoms with van der Waals surface area (Å²) in [5, 5.41) is 25.5. The molecule has 0 spiro atoms. The zero-order valence-electron chi connectivity index (χ0n) is 12.1. The molecule has 1 heterocycles. The van der Waals surface area contributed by atoms with E-state index < -0.39 is 17.8 Å². The number of aliphatic imine (C=N–C) groups is 1. The summed E-state index contributed by atoms with van der Waals surface area (Å²) in [7, 11) is 0. The summed E-state index contributed by atoms with van der Waals surface area (Å²) >= 11 is 1.20. The Hall–Kier alpha value is -2.11. The van der Waals surface area contributed by atoms with Gasteiger partial charge < -0.3 is 5.11 Å². The summed E-state index contributed by atoms with van der Waals surface area (Å²) in [5.41, 5.74) is 1.03. The van der Waals surface area contributed by atoms with Crippen LogP contribution in [0.5, 0.6) is 0 Å². The number of hydroxylamine groups is 1. The summed E-state index contributed by atoms with van der Waals surface area (Å²) in [4.78, 5) is 3.92. The van der Waals surface area contributed by atoms with Gasteiger partial charge >= 0.3 is 0 Å². The topological polar surface area (TPSA) is 104 Å². The molecule has 0 saturated heterocycles. The summed E-state index contributed by atoms with van der Waals surface area (Å²) < 4.78 is 43.3. The van der Waals surface area contributed by atoms with Crippen molar-refractivity contribution in [2.45, 2.75) is 17.9 Å². The van der Waals surface area contributed by atoms with Crippen molar-refractivity contribution in [1.29, 1.82) is 0 Å². The number of rotatable bonds is 7. The van der Waals surface area contributed by atoms with Gasteiger partial charge in [0, 0.05) is 12.4 Å². The average molecular weight is 362 g/mol. The minimum atomic E-state index is -3.00. The number of nitrogens with one attached hydrogen (secondary N) is 1. The lowest BCUT2D eigenvalue weighted by atomic mass is 10.2. The SMILES string of the molecule is OCCCSc1nonc1C(=Nc1ccc(F)c(C(F)F)c1)NO. The average Bonchev–Trinajstić information content (AvgIpc) is 3.02. The Kier molecular flexibility index (Phi) is 6.58. The van der Waals surface area contributed by atoms with Crippen LogP contribution in [0, 0.1) is 5.82 Å². The maximum atomic E-state index is 13.3. The second-order valence-electron chi connectivity index (χ2n) is 4.42. The first kappa shape index (κ1) is 18.2. The number of nitrogens with zero attached hydrogens (tertiary/aromatic N) is 3. The number of aliphatic hydroxyl groups excluding tert-OH is 1. The third-order valence-electron chi connectivity index (χ3n) is 2.79. The summed E-state index contributed by atoms with van der Waals surface area (Å²) in [6.07, 6.45) is -2.49. The van der Waals surface area contributed by atoms with E-state index in [1.54, 1.807) is 5.48 Å². The number of hydrogen-bond donors (Lipinski definition) is 3. The van der Waals surface area contributed by atoms with Crippen LogP contribution in [-0.2, 0) is 0 Å². The molecule has 0 radical (unpaired) electrons. The highest BCUT2D eigenvalue weighted by Gasteiger charge is 2.18. The van der Waals surface area contributed by atoms with E-state index in [9.17, 15) is 18.4 Å². The van der Waals surface area contributed by atoms with Crippen LogP contribution in [-0.4, -0.2) is 38.8 Å². The van der Waals surface area contributed by atoms with Crippen LogP contribution in [0.4, 0.5) is 18.9 Å². The quantitative estimate of drug-likeness (QED) is 0.229. The Labute approximate surface area is 138 Å². The first-order valence-electron chi connectivity index (χ1n) is 6.69. The number of aliphatic hydroxyl groups is 1. The van der Waals surface area contributed by atoms with Crippen molar-refractivity contribution < 1.29 is 28.1 Å². The molecule has 0 aliphatic carbocycles. The summed E-state index contributed by atoms with van der Waals surface area (Å²) in [6.45, 7) is -0.00120. The fraction of sp³-hybridized carbons (Fsp3) is 0.308. The molecule has 130 valence electrons. The Bertz CT molecular complexity index is 712. The molecular formula is C13H13F3N4O3S. The van der Waals surface area contributed by atoms with E-state index >= 15 is 0 Å². The first-order chi connectivity index (χ1) is 11.6. The molecule has 7 nitrogen and oxygen atoms in total. The van der Waals surface area contributed by atoms with E-state index in [1.165, 1.54) is 17.8 Å². The number of benzene rings is 1. The second kappa shape index (κ2) is 8.66. The third-order valence-corrected chi connectivity index (χ3v) is 3.82. The Morgan fingerprint density at radius 1 is 1.38 bits per heavy atom. The number of aromatic nitrogens is 2. The molecule has 0 saturated carbocycles. The Morgan fingerprint density at radius 3 is 2.83 bits per heavy atom. The van der Waals surface area contributed by atoms with Crippen molar-refractivity contribution in [3.8, 4) is 0 Å². The predicted octanol–water partition coefficient (Wildman–Crippen LogP) is 2.68. The van der Waals surface area contributed by atoms with Gasteiger partial charge in [-0.05, 0) is 34.9 Å². The van der Waals surface area contributed by atoms with Crippen molar-refractivity contribution in [2.24, 2.45) is 4.99 Å². The molecule has 0 aliphatic heterocycles. The van der Waals surface area contributed by atoms with Crippen molar-refractivity contribution >= 4 is 23.3 Å². The molecule has 2 rings (SSSR count). The molecule has 1 aromatic carbocycles. The lowest BCUT2D eigenvalue weighted by molar-refractivity contribution is 0.146. The van der Waals surface area contributed by atoms with E-state index in [1.807, 2.05) is 0 Å². The van der Waals surface area contributed by atoms with Gasteiger partial charge in [-0.25, -0.2) is 22.8 Å². The number of hydrogen-bond acceptors (Lipinski definition) is 7. The number of alkyl halides is 2. The largest absolute Gasteiger partial charge is 0.396 e. The lowest BCUT2D eigenvalue weighted by Crippen LogP contribution is -2.21. The first-order valence-corrected chi connectivity index (χ1v) is 7.68. The molecular weight excluding hydrogens is 349 g/mol. The number of thioether (sulfide) groups is 1. The lowest BCUT2D eigenvalue weighted by Gasteiger charge is -2.05. The molecule has 3 N–H and O–H groups in total. The maximum absolute atomic E-state index is 13.3. The second-order valence-corrected chi connectivity index (χ2v) is 5.51. The zero-order chi connectivity index (χ0) is 17.5. The molecule has 1 aromatic heterocycles. The molecule has 0 aliphatic rings. The maximum Gasteiger partial charge on any atom is 0.266 e. The monoisotopic (exact) mass is 362 g/mol. The van der Waals surface area contributed by atoms with Crippen molar-refractivity contribution in [2.75, 3.05) is 12.4 Å². The van der Waals surface area contributed by atoms with Crippen LogP contribution in [0.1, 0.15) is 24.1 Å². The number of amidine groups is 1. The molecule has 0 bridgehead atoms. The highest BCUT2D eigenvalue weighted by atomic mass is 32.2. The highest BCUT2D eigenvalue weighted by Crippen LogP contribution is 2.27. The minimum absolute atomic E-state index is 0.00120. The van der Waals surface area contributed by atoms with Gasteiger partial charge in [-0.15, -0.1) is 11.8 Å². The van der Waals surface area contributed by atoms with E-state index in [0.717, 1.165) is 12.1 Å². The Balaban J connectivity index is 2.30. The van der Waals surface area contributed by atoms with Crippen molar-refractivity contribution in [3.63, 3.8) is 0 Å². The molecule has 24 heavy (non-hydrogen) atoms. The molecule has 0 amide bonds. The van der Waals surface area contributed by atoms with Crippen molar-refractivity contribution in [3.05, 3.63) is 35.3 Å². The Morgan fingerprint density at radius 2 is 2.17 bits per heavy atom. The molecule has 11 heteroatoms. The van der Waals surface area contributed by atoms with Gasteiger partial charge in [-0.1, -0.05) is 0 Å². The van der Waals surface area contributed by atoms with Gasteiger partial charge in [-0.3, -0.25) is 10.7 Å². The van der Waals surface area contributed by atoms with Gasteiger partial charge in [0.15, 0.2) is 16.6 Å². The van der Waals surface area contributed by atoms with Crippen LogP contribution in [0.15, 0.2) is 32.8 Å². The smallest absolute Gasteiger partial charge is 0.266 e. The zero-order valence-corrected chi connectivity index (χ0v) is 12.9. The van der Waals surface area contributed by atoms with Crippen LogP contribution in [0.2, 0.25) is 0 Å². The van der Waals surface area contributed by atoms with Crippen LogP contribution >= 0.6 is 11.8 Å². The van der Waals surface area contributed by atoms with Gasteiger partial charge in [0.2, 0.25) is 0 Å². The predicted molar refractivity (Wildman–Crippen MR) is 79.2 cm³/mol. The normalized spacial score (nSPS) is 12.0. The van der Waals surface area contributed by atoms with Gasteiger partial charge in [0.25, 0.3) is 6.43 Å². The van der Waals surface area contributed by atoms with E-state index in [-0.39, 0.29) is 23.8 Å². The molecule has 0 unspecified atom stereocenters. The van der Waals surface area contributed by atoms with Crippen LogP contribution in [0.3, 0.4) is 0 Å². The fourth-order valence-corrected chi connectivity index (χ4v) is 2.50. The molecule has 0 atom stereocenters. The molecule has 0 fully saturated rings. The fourth-order valence-electron chi connectivity index (χ4n) is 1.68. The van der Waals surface area contributed by atoms with E-state index in [2.05, 4.69) is 19.9 Å². The van der Waals surface area contributed by atoms with Crippen LogP contribution < -0.4 is 5.48 Å². The number of halogens is 3. The molecule has 2 aromatic rings. The third kappa shape index (κ3) is 4.46. The van der Waals surface area contributed by atoms with Gasteiger partial charge in [0.05, 0.1) is 11.3 Å².